The highest BCUT2D eigenvalue weighted by molar-refractivity contribution is 5.93. The Bertz CT molecular complexity index is 927. The van der Waals surface area contributed by atoms with Gasteiger partial charge in [-0.1, -0.05) is 33.8 Å². The normalized spacial score (nSPS) is 10.8. The van der Waals surface area contributed by atoms with E-state index in [4.69, 9.17) is 0 Å². The molecule has 8 nitrogen and oxygen atoms in total. The second-order valence-corrected chi connectivity index (χ2v) is 6.95. The monoisotopic (exact) mass is 408 g/mol. The molecule has 30 heavy (non-hydrogen) atoms. The maximum absolute atomic E-state index is 12.6. The molecule has 0 spiro atoms. The van der Waals surface area contributed by atoms with Gasteiger partial charge in [-0.05, 0) is 55.0 Å². The lowest BCUT2D eigenvalue weighted by atomic mass is 10.2. The summed E-state index contributed by atoms with van der Waals surface area (Å²) in [5.41, 5.74) is 5.09. The summed E-state index contributed by atoms with van der Waals surface area (Å²) >= 11 is 0. The number of nitrogens with one attached hydrogen (secondary N) is 2. The van der Waals surface area contributed by atoms with Gasteiger partial charge in [0.05, 0.1) is 11.4 Å². The fourth-order valence-electron chi connectivity index (χ4n) is 3.32. The minimum atomic E-state index is -0.347. The molecular formula is C22H28N6O2. The fraction of sp³-hybridized carbons (Fsp3) is 0.364. The smallest absolute Gasteiger partial charge is 0.306 e. The van der Waals surface area contributed by atoms with Gasteiger partial charge in [-0.3, -0.25) is 0 Å². The van der Waals surface area contributed by atoms with Gasteiger partial charge in [0.2, 0.25) is 0 Å². The zero-order valence-corrected chi connectivity index (χ0v) is 17.9. The van der Waals surface area contributed by atoms with Crippen LogP contribution in [0.15, 0.2) is 36.7 Å². The van der Waals surface area contributed by atoms with Crippen molar-refractivity contribution in [3.63, 3.8) is 0 Å². The maximum atomic E-state index is 12.6. The molecule has 0 aliphatic carbocycles. The molecule has 2 aromatic heterocycles. The number of carbonyl (C=O) groups is 2. The fourth-order valence-corrected chi connectivity index (χ4v) is 3.32. The van der Waals surface area contributed by atoms with E-state index in [-0.39, 0.29) is 12.1 Å². The minimum absolute atomic E-state index is 0.347. The van der Waals surface area contributed by atoms with Gasteiger partial charge in [0.15, 0.2) is 0 Å². The number of rotatable bonds is 6. The number of amides is 2. The summed E-state index contributed by atoms with van der Waals surface area (Å²) in [4.78, 5) is 25.1. The van der Waals surface area contributed by atoms with E-state index in [9.17, 15) is 9.59 Å². The Morgan fingerprint density at radius 1 is 0.767 bits per heavy atom. The first-order valence-electron chi connectivity index (χ1n) is 10.4. The number of hydrogen-bond acceptors (Lipinski definition) is 4. The SMILES string of the molecule is CCc1cn(C(=O)Nc2cccc(NC(=O)n3cc(CC)c(CC)n3)c2)nc1CC. The van der Waals surface area contributed by atoms with Crippen molar-refractivity contribution in [2.24, 2.45) is 0 Å². The van der Waals surface area contributed by atoms with Crippen LogP contribution in [0.2, 0.25) is 0 Å². The molecule has 3 rings (SSSR count). The van der Waals surface area contributed by atoms with Crippen LogP contribution < -0.4 is 10.6 Å². The molecule has 0 aliphatic rings. The van der Waals surface area contributed by atoms with Gasteiger partial charge >= 0.3 is 12.1 Å². The van der Waals surface area contributed by atoms with E-state index in [1.54, 1.807) is 36.7 Å². The molecule has 2 amide bonds. The van der Waals surface area contributed by atoms with E-state index in [0.29, 0.717) is 11.4 Å². The average Bonchev–Trinajstić information content (AvgIpc) is 3.37. The number of benzene rings is 1. The Morgan fingerprint density at radius 2 is 1.20 bits per heavy atom. The van der Waals surface area contributed by atoms with Crippen molar-refractivity contribution in [1.29, 1.82) is 0 Å². The van der Waals surface area contributed by atoms with Crippen LogP contribution in [0.1, 0.15) is 50.2 Å². The number of anilines is 2. The molecule has 0 aliphatic heterocycles. The van der Waals surface area contributed by atoms with Crippen molar-refractivity contribution in [1.82, 2.24) is 19.6 Å². The molecule has 0 saturated heterocycles. The number of hydrogen-bond donors (Lipinski definition) is 2. The summed E-state index contributed by atoms with van der Waals surface area (Å²) in [7, 11) is 0. The molecule has 0 saturated carbocycles. The van der Waals surface area contributed by atoms with Gasteiger partial charge in [-0.25, -0.2) is 9.59 Å². The Labute approximate surface area is 176 Å². The van der Waals surface area contributed by atoms with Crippen molar-refractivity contribution >= 4 is 23.4 Å². The van der Waals surface area contributed by atoms with E-state index in [1.807, 2.05) is 27.7 Å². The molecular weight excluding hydrogens is 380 g/mol. The molecule has 0 fully saturated rings. The molecule has 2 heterocycles. The number of aryl methyl sites for hydroxylation is 4. The third-order valence-corrected chi connectivity index (χ3v) is 4.97. The predicted octanol–water partition coefficient (Wildman–Crippen LogP) is 4.49. The van der Waals surface area contributed by atoms with Gasteiger partial charge in [0, 0.05) is 23.8 Å². The minimum Gasteiger partial charge on any atom is -0.306 e. The standard InChI is InChI=1S/C22H28N6O2/c1-5-15-13-27(25-19(15)7-3)21(29)23-17-10-9-11-18(12-17)24-22(30)28-14-16(6-2)20(8-4)26-28/h9-14H,5-8H2,1-4H3,(H,23,29)(H,24,30). The van der Waals surface area contributed by atoms with Crippen molar-refractivity contribution in [3.05, 3.63) is 59.2 Å². The van der Waals surface area contributed by atoms with Crippen LogP contribution in [0.25, 0.3) is 0 Å². The molecule has 0 radical (unpaired) electrons. The zero-order valence-electron chi connectivity index (χ0n) is 17.9. The van der Waals surface area contributed by atoms with E-state index in [0.717, 1.165) is 48.2 Å². The molecule has 8 heteroatoms. The molecule has 0 unspecified atom stereocenters. The van der Waals surface area contributed by atoms with E-state index in [2.05, 4.69) is 20.8 Å². The first-order chi connectivity index (χ1) is 14.5. The highest BCUT2D eigenvalue weighted by atomic mass is 16.2. The Hall–Kier alpha value is -3.42. The van der Waals surface area contributed by atoms with Gasteiger partial charge in [0.1, 0.15) is 0 Å². The summed E-state index contributed by atoms with van der Waals surface area (Å²) in [6.45, 7) is 8.11. The van der Waals surface area contributed by atoms with Crippen LogP contribution in [0, 0.1) is 0 Å². The highest BCUT2D eigenvalue weighted by Gasteiger charge is 2.14. The molecule has 0 atom stereocenters. The molecule has 2 N–H and O–H groups in total. The number of carbonyl (C=O) groups excluding carboxylic acids is 2. The predicted molar refractivity (Wildman–Crippen MR) is 117 cm³/mol. The van der Waals surface area contributed by atoms with Crippen LogP contribution in [0.5, 0.6) is 0 Å². The molecule has 158 valence electrons. The summed E-state index contributed by atoms with van der Waals surface area (Å²) in [5.74, 6) is 0. The lowest BCUT2D eigenvalue weighted by Gasteiger charge is -2.08. The van der Waals surface area contributed by atoms with Gasteiger partial charge in [0.25, 0.3) is 0 Å². The van der Waals surface area contributed by atoms with E-state index in [1.165, 1.54) is 9.36 Å². The Morgan fingerprint density at radius 3 is 1.53 bits per heavy atom. The summed E-state index contributed by atoms with van der Waals surface area (Å²) in [5, 5.41) is 14.4. The summed E-state index contributed by atoms with van der Waals surface area (Å²) in [6.07, 6.45) is 6.72. The summed E-state index contributed by atoms with van der Waals surface area (Å²) < 4.78 is 2.65. The zero-order chi connectivity index (χ0) is 21.7. The maximum Gasteiger partial charge on any atom is 0.346 e. The second-order valence-electron chi connectivity index (χ2n) is 6.95. The lowest BCUT2D eigenvalue weighted by molar-refractivity contribution is 0.250. The quantitative estimate of drug-likeness (QED) is 0.628. The van der Waals surface area contributed by atoms with Crippen LogP contribution in [-0.2, 0) is 25.7 Å². The van der Waals surface area contributed by atoms with Crippen LogP contribution in [-0.4, -0.2) is 31.6 Å². The van der Waals surface area contributed by atoms with Crippen LogP contribution >= 0.6 is 0 Å². The van der Waals surface area contributed by atoms with Crippen molar-refractivity contribution in [2.75, 3.05) is 10.6 Å². The van der Waals surface area contributed by atoms with Gasteiger partial charge < -0.3 is 10.6 Å². The number of aromatic nitrogens is 4. The first-order valence-corrected chi connectivity index (χ1v) is 10.4. The van der Waals surface area contributed by atoms with E-state index >= 15 is 0 Å². The molecule has 1 aromatic carbocycles. The van der Waals surface area contributed by atoms with E-state index < -0.39 is 0 Å². The molecule has 3 aromatic rings. The first kappa shape index (κ1) is 21.3. The average molecular weight is 409 g/mol. The third-order valence-electron chi connectivity index (χ3n) is 4.97. The van der Waals surface area contributed by atoms with Crippen molar-refractivity contribution in [2.45, 2.75) is 53.4 Å². The topological polar surface area (TPSA) is 93.8 Å². The van der Waals surface area contributed by atoms with Crippen LogP contribution in [0.4, 0.5) is 21.0 Å². The van der Waals surface area contributed by atoms with Crippen LogP contribution in [0.3, 0.4) is 0 Å². The number of nitrogens with zero attached hydrogens (tertiary/aromatic N) is 4. The lowest BCUT2D eigenvalue weighted by Crippen LogP contribution is -2.21. The molecule has 0 bridgehead atoms. The van der Waals surface area contributed by atoms with Gasteiger partial charge in [-0.15, -0.1) is 0 Å². The highest BCUT2D eigenvalue weighted by Crippen LogP contribution is 2.17. The van der Waals surface area contributed by atoms with Gasteiger partial charge in [-0.2, -0.15) is 19.6 Å². The summed E-state index contributed by atoms with van der Waals surface area (Å²) in [6, 6.07) is 6.29. The second kappa shape index (κ2) is 9.39. The van der Waals surface area contributed by atoms with Crippen molar-refractivity contribution in [3.8, 4) is 0 Å². The van der Waals surface area contributed by atoms with Crippen molar-refractivity contribution < 1.29 is 9.59 Å². The Balaban J connectivity index is 1.71. The largest absolute Gasteiger partial charge is 0.346 e. The Kier molecular flexibility index (Phi) is 6.66. The third kappa shape index (κ3) is 4.59.